The number of anilines is 2. The Labute approximate surface area is 210 Å². The van der Waals surface area contributed by atoms with Gasteiger partial charge in [-0.15, -0.1) is 0 Å². The average molecular weight is 489 g/mol. The van der Waals surface area contributed by atoms with Gasteiger partial charge >= 0.3 is 0 Å². The molecule has 1 atom stereocenters. The van der Waals surface area contributed by atoms with Gasteiger partial charge in [-0.3, -0.25) is 15.1 Å². The van der Waals surface area contributed by atoms with E-state index in [1.54, 1.807) is 4.90 Å². The number of hydrogen-bond acceptors (Lipinski definition) is 4. The van der Waals surface area contributed by atoms with Gasteiger partial charge in [0, 0.05) is 24.9 Å². The Bertz CT molecular complexity index is 1220. The van der Waals surface area contributed by atoms with Gasteiger partial charge in [-0.2, -0.15) is 0 Å². The van der Waals surface area contributed by atoms with E-state index in [1.165, 1.54) is 0 Å². The second-order valence-corrected chi connectivity index (χ2v) is 9.71. The summed E-state index contributed by atoms with van der Waals surface area (Å²) in [5.74, 6) is 0.0637. The van der Waals surface area contributed by atoms with E-state index >= 15 is 0 Å². The van der Waals surface area contributed by atoms with Gasteiger partial charge < -0.3 is 15.4 Å². The van der Waals surface area contributed by atoms with Crippen LogP contribution >= 0.6 is 11.6 Å². The van der Waals surface area contributed by atoms with Crippen molar-refractivity contribution in [3.8, 4) is 11.1 Å². The summed E-state index contributed by atoms with van der Waals surface area (Å²) in [7, 11) is 0. The van der Waals surface area contributed by atoms with Gasteiger partial charge in [-0.05, 0) is 54.7 Å². The lowest BCUT2D eigenvalue weighted by Crippen LogP contribution is -2.62. The van der Waals surface area contributed by atoms with Gasteiger partial charge in [-0.25, -0.2) is 0 Å². The number of nitrogens with zero attached hydrogens (tertiary/aromatic N) is 1. The molecule has 3 aromatic carbocycles. The molecule has 2 saturated heterocycles. The molecule has 2 heterocycles. The maximum absolute atomic E-state index is 13.2. The first-order valence-corrected chi connectivity index (χ1v) is 12.3. The molecule has 0 bridgehead atoms. The molecule has 1 amide bonds. The zero-order valence-corrected chi connectivity index (χ0v) is 20.4. The molecule has 0 aliphatic carbocycles. The summed E-state index contributed by atoms with van der Waals surface area (Å²) in [6.45, 7) is 3.16. The van der Waals surface area contributed by atoms with Crippen LogP contribution in [0, 0.1) is 5.41 Å². The molecular weight excluding hydrogens is 460 g/mol. The zero-order chi connectivity index (χ0) is 24.4. The summed E-state index contributed by atoms with van der Waals surface area (Å²) >= 11 is 6.90. The van der Waals surface area contributed by atoms with Gasteiger partial charge in [0.25, 0.3) is 0 Å². The summed E-state index contributed by atoms with van der Waals surface area (Å²) < 4.78 is 5.43. The van der Waals surface area contributed by atoms with Crippen LogP contribution < -0.4 is 10.6 Å². The van der Waals surface area contributed by atoms with Crippen molar-refractivity contribution in [2.75, 3.05) is 18.5 Å². The van der Waals surface area contributed by atoms with Crippen molar-refractivity contribution in [1.82, 2.24) is 10.2 Å². The summed E-state index contributed by atoms with van der Waals surface area (Å²) in [6.07, 6.45) is 1.71. The predicted octanol–water partition coefficient (Wildman–Crippen LogP) is 5.90. The third kappa shape index (κ3) is 4.77. The Kier molecular flexibility index (Phi) is 6.50. The zero-order valence-electron chi connectivity index (χ0n) is 19.7. The lowest BCUT2D eigenvalue weighted by atomic mass is 9.85. The minimum atomic E-state index is -0.781. The highest BCUT2D eigenvalue weighted by Gasteiger charge is 2.43. The summed E-state index contributed by atoms with van der Waals surface area (Å²) in [4.78, 5) is 14.8. The molecule has 2 fully saturated rings. The highest BCUT2D eigenvalue weighted by Crippen LogP contribution is 2.39. The third-order valence-corrected chi connectivity index (χ3v) is 7.21. The third-order valence-electron chi connectivity index (χ3n) is 6.81. The molecule has 0 radical (unpaired) electrons. The number of rotatable bonds is 5. The maximum Gasteiger partial charge on any atom is 0.232 e. The van der Waals surface area contributed by atoms with E-state index < -0.39 is 5.54 Å². The van der Waals surface area contributed by atoms with Crippen LogP contribution in [-0.2, 0) is 15.1 Å². The van der Waals surface area contributed by atoms with E-state index in [-0.39, 0.29) is 24.3 Å². The van der Waals surface area contributed by atoms with Crippen LogP contribution in [0.4, 0.5) is 11.4 Å². The quantitative estimate of drug-likeness (QED) is 0.417. The average Bonchev–Trinajstić information content (AvgIpc) is 2.86. The Hall–Kier alpha value is -3.35. The highest BCUT2D eigenvalue weighted by molar-refractivity contribution is 6.34. The number of benzene rings is 3. The fraction of sp³-hybridized carbons (Fsp3) is 0.286. The van der Waals surface area contributed by atoms with Crippen LogP contribution in [0.3, 0.4) is 0 Å². The Morgan fingerprint density at radius 2 is 1.74 bits per heavy atom. The predicted molar refractivity (Wildman–Crippen MR) is 140 cm³/mol. The van der Waals surface area contributed by atoms with E-state index in [0.29, 0.717) is 18.2 Å². The lowest BCUT2D eigenvalue weighted by Gasteiger charge is -2.45. The van der Waals surface area contributed by atoms with Gasteiger partial charge in [0.05, 0.1) is 22.7 Å². The van der Waals surface area contributed by atoms with Crippen molar-refractivity contribution in [2.45, 2.75) is 37.8 Å². The number of carbonyl (C=O) groups excluding carboxylic acids is 1. The van der Waals surface area contributed by atoms with Gasteiger partial charge in [0.15, 0.2) is 5.96 Å². The number of halogens is 1. The second-order valence-electron chi connectivity index (χ2n) is 9.33. The summed E-state index contributed by atoms with van der Waals surface area (Å²) in [5, 5.41) is 15.9. The number of hydrogen-bond donors (Lipinski definition) is 3. The Morgan fingerprint density at radius 3 is 2.49 bits per heavy atom. The Morgan fingerprint density at radius 1 is 1.03 bits per heavy atom. The molecule has 180 valence electrons. The van der Waals surface area contributed by atoms with Crippen molar-refractivity contribution in [2.24, 2.45) is 0 Å². The molecule has 35 heavy (non-hydrogen) atoms. The number of nitrogens with one attached hydrogen (secondary N) is 3. The van der Waals surface area contributed by atoms with Crippen molar-refractivity contribution in [3.63, 3.8) is 0 Å². The van der Waals surface area contributed by atoms with Crippen LogP contribution in [0.15, 0.2) is 72.8 Å². The molecule has 7 heteroatoms. The van der Waals surface area contributed by atoms with E-state index in [0.717, 1.165) is 40.9 Å². The first kappa shape index (κ1) is 23.4. The molecule has 2 aliphatic rings. The normalized spacial score (nSPS) is 21.0. The van der Waals surface area contributed by atoms with Crippen LogP contribution in [-0.4, -0.2) is 36.0 Å². The van der Waals surface area contributed by atoms with E-state index in [1.807, 2.05) is 55.5 Å². The minimum Gasteiger partial charge on any atom is -0.381 e. The SMILES string of the molecule is C[C@@]1(c2cccc(Nc3cccc(-c4ccccc4)c3)c2Cl)CC(=O)N(C2CCOCC2)C(=N)N1. The van der Waals surface area contributed by atoms with Crippen LogP contribution in [0.25, 0.3) is 11.1 Å². The first-order valence-electron chi connectivity index (χ1n) is 11.9. The topological polar surface area (TPSA) is 77.5 Å². The monoisotopic (exact) mass is 488 g/mol. The second kappa shape index (κ2) is 9.72. The van der Waals surface area contributed by atoms with Crippen molar-refractivity contribution in [1.29, 1.82) is 5.41 Å². The van der Waals surface area contributed by atoms with Crippen molar-refractivity contribution in [3.05, 3.63) is 83.4 Å². The van der Waals surface area contributed by atoms with Crippen LogP contribution in [0.2, 0.25) is 5.02 Å². The molecule has 3 aromatic rings. The molecule has 0 unspecified atom stereocenters. The largest absolute Gasteiger partial charge is 0.381 e. The van der Waals surface area contributed by atoms with Crippen molar-refractivity contribution < 1.29 is 9.53 Å². The van der Waals surface area contributed by atoms with E-state index in [2.05, 4.69) is 34.9 Å². The van der Waals surface area contributed by atoms with Gasteiger partial charge in [0.1, 0.15) is 0 Å². The molecule has 0 saturated carbocycles. The first-order chi connectivity index (χ1) is 16.9. The molecule has 5 rings (SSSR count). The number of carbonyl (C=O) groups is 1. The highest BCUT2D eigenvalue weighted by atomic mass is 35.5. The fourth-order valence-electron chi connectivity index (χ4n) is 4.99. The maximum atomic E-state index is 13.2. The lowest BCUT2D eigenvalue weighted by molar-refractivity contribution is -0.133. The Balaban J connectivity index is 1.39. The standard InChI is InChI=1S/C28H29ClN4O2/c1-28(18-25(34)33(27(30)32-28)22-13-15-35-16-14-22)23-11-6-12-24(26(23)29)31-21-10-5-9-20(17-21)19-7-3-2-4-8-19/h2-12,17,22,31H,13-16,18H2,1H3,(H2,30,32)/t28-/m0/s1. The summed E-state index contributed by atoms with van der Waals surface area (Å²) in [5.41, 5.74) is 3.92. The molecule has 6 nitrogen and oxygen atoms in total. The number of amides is 1. The molecule has 0 aromatic heterocycles. The van der Waals surface area contributed by atoms with Crippen LogP contribution in [0.5, 0.6) is 0 Å². The van der Waals surface area contributed by atoms with Gasteiger partial charge in [-0.1, -0.05) is 66.2 Å². The van der Waals surface area contributed by atoms with E-state index in [9.17, 15) is 4.79 Å². The minimum absolute atomic E-state index is 0.00108. The van der Waals surface area contributed by atoms with Gasteiger partial charge in [0.2, 0.25) is 5.91 Å². The molecular formula is C28H29ClN4O2. The smallest absolute Gasteiger partial charge is 0.232 e. The van der Waals surface area contributed by atoms with Crippen LogP contribution in [0.1, 0.15) is 31.7 Å². The fourth-order valence-corrected chi connectivity index (χ4v) is 5.37. The van der Waals surface area contributed by atoms with E-state index in [4.69, 9.17) is 21.7 Å². The number of ether oxygens (including phenoxy) is 1. The molecule has 0 spiro atoms. The molecule has 2 aliphatic heterocycles. The molecule has 3 N–H and O–H groups in total. The number of guanidine groups is 1. The van der Waals surface area contributed by atoms with Crippen molar-refractivity contribution >= 4 is 34.8 Å². The summed E-state index contributed by atoms with van der Waals surface area (Å²) in [6, 6.07) is 24.2.